The van der Waals surface area contributed by atoms with E-state index in [0.29, 0.717) is 21.7 Å². The molecule has 1 saturated heterocycles. The van der Waals surface area contributed by atoms with Crippen molar-refractivity contribution in [2.45, 2.75) is 19.8 Å². The van der Waals surface area contributed by atoms with E-state index in [9.17, 15) is 4.79 Å². The molecule has 0 atom stereocenters. The lowest BCUT2D eigenvalue weighted by Crippen LogP contribution is -2.23. The molecule has 140 valence electrons. The van der Waals surface area contributed by atoms with Crippen LogP contribution in [-0.2, 0) is 4.79 Å². The summed E-state index contributed by atoms with van der Waals surface area (Å²) in [5.41, 5.74) is 1.69. The van der Waals surface area contributed by atoms with Gasteiger partial charge in [-0.05, 0) is 66.2 Å². The summed E-state index contributed by atoms with van der Waals surface area (Å²) in [4.78, 5) is 19.3. The number of carbonyl (C=O) groups is 1. The number of likely N-dealkylation sites (N-methyl/N-ethyl adjacent to an activating group) is 1. The van der Waals surface area contributed by atoms with Crippen LogP contribution < -0.4 is 4.74 Å². The Hall–Kier alpha value is -2.24. The fraction of sp³-hybridized carbons (Fsp3) is 0.238. The molecule has 0 spiro atoms. The van der Waals surface area contributed by atoms with E-state index in [1.54, 1.807) is 24.1 Å². The summed E-state index contributed by atoms with van der Waals surface area (Å²) in [5, 5.41) is 1.30. The lowest BCUT2D eigenvalue weighted by atomic mass is 10.2. The fourth-order valence-corrected chi connectivity index (χ4v) is 3.57. The van der Waals surface area contributed by atoms with Crippen LogP contribution in [0.3, 0.4) is 0 Å². The Labute approximate surface area is 168 Å². The first-order chi connectivity index (χ1) is 13.1. The van der Waals surface area contributed by atoms with Gasteiger partial charge in [-0.1, -0.05) is 37.1 Å². The lowest BCUT2D eigenvalue weighted by molar-refractivity contribution is -0.121. The van der Waals surface area contributed by atoms with Gasteiger partial charge in [0.05, 0.1) is 17.2 Å². The van der Waals surface area contributed by atoms with Crippen LogP contribution in [0.5, 0.6) is 5.75 Å². The standard InChI is InChI=1S/C21H21ClN2O2S/c1-3-4-12-26-18-7-5-6-15(13-18)14-19-20(25)24(2)21(27-19)23-17-10-8-16(22)9-11-17/h5-11,13-14H,3-4,12H2,1-2H3/b19-14+,23-21?. The molecule has 0 unspecified atom stereocenters. The van der Waals surface area contributed by atoms with Gasteiger partial charge in [0.2, 0.25) is 0 Å². The molecule has 2 aromatic carbocycles. The number of thioether (sulfide) groups is 1. The molecule has 0 N–H and O–H groups in total. The maximum absolute atomic E-state index is 12.6. The van der Waals surface area contributed by atoms with Crippen molar-refractivity contribution in [3.8, 4) is 5.75 Å². The molecule has 2 aromatic rings. The van der Waals surface area contributed by atoms with E-state index in [1.165, 1.54) is 11.8 Å². The van der Waals surface area contributed by atoms with Crippen molar-refractivity contribution in [1.29, 1.82) is 0 Å². The molecule has 0 saturated carbocycles. The Balaban J connectivity index is 1.78. The van der Waals surface area contributed by atoms with Crippen LogP contribution in [0.2, 0.25) is 5.02 Å². The van der Waals surface area contributed by atoms with E-state index in [4.69, 9.17) is 16.3 Å². The summed E-state index contributed by atoms with van der Waals surface area (Å²) in [5.74, 6) is 0.752. The number of hydrogen-bond donors (Lipinski definition) is 0. The van der Waals surface area contributed by atoms with Gasteiger partial charge in [0, 0.05) is 12.1 Å². The Morgan fingerprint density at radius 2 is 2.00 bits per heavy atom. The molecule has 1 heterocycles. The number of carbonyl (C=O) groups excluding carboxylic acids is 1. The number of aliphatic imine (C=N–C) groups is 1. The summed E-state index contributed by atoms with van der Waals surface area (Å²) in [6, 6.07) is 15.0. The zero-order chi connectivity index (χ0) is 19.2. The van der Waals surface area contributed by atoms with Crippen LogP contribution in [-0.4, -0.2) is 29.6 Å². The Bertz CT molecular complexity index is 878. The molecule has 0 bridgehead atoms. The Kier molecular flexibility index (Phi) is 6.58. The maximum Gasteiger partial charge on any atom is 0.266 e. The van der Waals surface area contributed by atoms with Crippen LogP contribution >= 0.6 is 23.4 Å². The molecular weight excluding hydrogens is 380 g/mol. The van der Waals surface area contributed by atoms with Crippen molar-refractivity contribution < 1.29 is 9.53 Å². The highest BCUT2D eigenvalue weighted by Gasteiger charge is 2.30. The molecule has 0 aromatic heterocycles. The Morgan fingerprint density at radius 3 is 2.74 bits per heavy atom. The number of rotatable bonds is 6. The van der Waals surface area contributed by atoms with Gasteiger partial charge >= 0.3 is 0 Å². The lowest BCUT2D eigenvalue weighted by Gasteiger charge is -2.07. The van der Waals surface area contributed by atoms with Gasteiger partial charge in [-0.2, -0.15) is 0 Å². The number of amides is 1. The van der Waals surface area contributed by atoms with Crippen molar-refractivity contribution in [3.63, 3.8) is 0 Å². The van der Waals surface area contributed by atoms with Gasteiger partial charge < -0.3 is 4.74 Å². The molecule has 6 heteroatoms. The largest absolute Gasteiger partial charge is 0.494 e. The van der Waals surface area contributed by atoms with E-state index < -0.39 is 0 Å². The van der Waals surface area contributed by atoms with Crippen LogP contribution in [0, 0.1) is 0 Å². The maximum atomic E-state index is 12.6. The summed E-state index contributed by atoms with van der Waals surface area (Å²) < 4.78 is 5.74. The minimum Gasteiger partial charge on any atom is -0.494 e. The first-order valence-electron chi connectivity index (χ1n) is 8.81. The molecule has 0 aliphatic carbocycles. The van der Waals surface area contributed by atoms with E-state index >= 15 is 0 Å². The SMILES string of the molecule is CCCCOc1cccc(/C=C2/SC(=Nc3ccc(Cl)cc3)N(C)C2=O)c1. The van der Waals surface area contributed by atoms with Crippen molar-refractivity contribution >= 4 is 46.2 Å². The number of unbranched alkanes of at least 4 members (excludes halogenated alkanes) is 1. The van der Waals surface area contributed by atoms with Gasteiger partial charge in [-0.15, -0.1) is 0 Å². The summed E-state index contributed by atoms with van der Waals surface area (Å²) >= 11 is 7.27. The minimum absolute atomic E-state index is 0.0648. The van der Waals surface area contributed by atoms with Gasteiger partial charge in [-0.25, -0.2) is 4.99 Å². The van der Waals surface area contributed by atoms with Gasteiger partial charge in [0.15, 0.2) is 5.17 Å². The number of halogens is 1. The molecule has 3 rings (SSSR count). The first kappa shape index (κ1) is 19.5. The summed E-state index contributed by atoms with van der Waals surface area (Å²) in [6.45, 7) is 2.83. The van der Waals surface area contributed by atoms with Crippen molar-refractivity contribution in [1.82, 2.24) is 4.90 Å². The zero-order valence-corrected chi connectivity index (χ0v) is 16.9. The first-order valence-corrected chi connectivity index (χ1v) is 10.0. The van der Waals surface area contributed by atoms with Gasteiger partial charge in [-0.3, -0.25) is 9.69 Å². The molecule has 1 aliphatic rings. The van der Waals surface area contributed by atoms with Crippen molar-refractivity contribution in [2.24, 2.45) is 4.99 Å². The second-order valence-corrected chi connectivity index (χ2v) is 7.57. The molecule has 27 heavy (non-hydrogen) atoms. The van der Waals surface area contributed by atoms with Crippen LogP contribution in [0.15, 0.2) is 58.4 Å². The van der Waals surface area contributed by atoms with Crippen LogP contribution in [0.25, 0.3) is 6.08 Å². The van der Waals surface area contributed by atoms with E-state index in [-0.39, 0.29) is 5.91 Å². The number of amidine groups is 1. The topological polar surface area (TPSA) is 41.9 Å². The highest BCUT2D eigenvalue weighted by molar-refractivity contribution is 8.18. The average Bonchev–Trinajstić information content (AvgIpc) is 2.92. The Morgan fingerprint density at radius 1 is 1.22 bits per heavy atom. The van der Waals surface area contributed by atoms with E-state index in [2.05, 4.69) is 11.9 Å². The van der Waals surface area contributed by atoms with Gasteiger partial charge in [0.1, 0.15) is 5.75 Å². The number of nitrogens with zero attached hydrogens (tertiary/aromatic N) is 2. The second-order valence-electron chi connectivity index (χ2n) is 6.12. The van der Waals surface area contributed by atoms with Gasteiger partial charge in [0.25, 0.3) is 5.91 Å². The normalized spacial score (nSPS) is 17.1. The summed E-state index contributed by atoms with van der Waals surface area (Å²) in [6.07, 6.45) is 3.99. The number of ether oxygens (including phenoxy) is 1. The third-order valence-electron chi connectivity index (χ3n) is 3.98. The van der Waals surface area contributed by atoms with E-state index in [0.717, 1.165) is 29.8 Å². The quantitative estimate of drug-likeness (QED) is 0.457. The fourth-order valence-electron chi connectivity index (χ4n) is 2.46. The van der Waals surface area contributed by atoms with Crippen LogP contribution in [0.4, 0.5) is 5.69 Å². The highest BCUT2D eigenvalue weighted by Crippen LogP contribution is 2.33. The molecule has 1 amide bonds. The molecule has 0 radical (unpaired) electrons. The highest BCUT2D eigenvalue weighted by atomic mass is 35.5. The predicted molar refractivity (Wildman–Crippen MR) is 114 cm³/mol. The number of benzene rings is 2. The minimum atomic E-state index is -0.0648. The smallest absolute Gasteiger partial charge is 0.266 e. The molecule has 1 aliphatic heterocycles. The average molecular weight is 401 g/mol. The second kappa shape index (κ2) is 9.11. The molecule has 4 nitrogen and oxygen atoms in total. The third kappa shape index (κ3) is 5.15. The number of hydrogen-bond acceptors (Lipinski definition) is 4. The molecule has 1 fully saturated rings. The predicted octanol–water partition coefficient (Wildman–Crippen LogP) is 5.75. The summed E-state index contributed by atoms with van der Waals surface area (Å²) in [7, 11) is 1.73. The van der Waals surface area contributed by atoms with Crippen LogP contribution in [0.1, 0.15) is 25.3 Å². The monoisotopic (exact) mass is 400 g/mol. The zero-order valence-electron chi connectivity index (χ0n) is 15.3. The van der Waals surface area contributed by atoms with Crippen molar-refractivity contribution in [3.05, 3.63) is 64.0 Å². The third-order valence-corrected chi connectivity index (χ3v) is 5.29. The van der Waals surface area contributed by atoms with E-state index in [1.807, 2.05) is 42.5 Å². The molecular formula is C21H21ClN2O2S. The van der Waals surface area contributed by atoms with Crippen molar-refractivity contribution in [2.75, 3.05) is 13.7 Å².